The zero-order chi connectivity index (χ0) is 24.0. The Hall–Kier alpha value is -2.43. The maximum absolute atomic E-state index is 14.6. The minimum absolute atomic E-state index is 0.132. The second kappa shape index (κ2) is 8.98. The number of ether oxygens (including phenoxy) is 2. The zero-order valence-electron chi connectivity index (χ0n) is 18.5. The van der Waals surface area contributed by atoms with E-state index in [0.717, 1.165) is 19.4 Å². The van der Waals surface area contributed by atoms with Gasteiger partial charge in [-0.1, -0.05) is 23.2 Å². The van der Waals surface area contributed by atoms with Gasteiger partial charge in [0.2, 0.25) is 0 Å². The molecular formula is C23H25Cl2FN6O2. The monoisotopic (exact) mass is 506 g/mol. The van der Waals surface area contributed by atoms with Crippen LogP contribution in [0.4, 0.5) is 15.9 Å². The molecule has 0 radical (unpaired) electrons. The standard InChI is InChI=1S/C23H25Cl2FN6O2/c1-33-18-5-14-17(29-11-30-22(14)31-16-3-2-15(24)20(25)21(16)26)6-19(18)34-9-12-4-13-8-32(28)10-23(13,27)7-12/h2-3,5-6,11-13H,4,7-10,27-28H2,1H3,(H,29,30,31)/t12?,13-,23-/m0/s1. The molecule has 1 saturated heterocycles. The Morgan fingerprint density at radius 2 is 2.09 bits per heavy atom. The SMILES string of the molecule is COc1cc2c(Nc3ccc(Cl)c(Cl)c3F)ncnc2cc1OCC1C[C@H]2CN(N)C[C@@]2(N)C1. The molecule has 1 aliphatic carbocycles. The van der Waals surface area contributed by atoms with Crippen LogP contribution in [0, 0.1) is 17.7 Å². The molecule has 1 saturated carbocycles. The average Bonchev–Trinajstić information content (AvgIpc) is 3.26. The van der Waals surface area contributed by atoms with E-state index < -0.39 is 5.82 Å². The number of halogens is 3. The van der Waals surface area contributed by atoms with Crippen LogP contribution in [0.2, 0.25) is 10.0 Å². The molecule has 34 heavy (non-hydrogen) atoms. The first kappa shape index (κ1) is 23.3. The Morgan fingerprint density at radius 1 is 1.26 bits per heavy atom. The lowest BCUT2D eigenvalue weighted by Gasteiger charge is -2.23. The molecule has 0 amide bonds. The number of fused-ring (bicyclic) bond motifs is 2. The highest BCUT2D eigenvalue weighted by Gasteiger charge is 2.49. The second-order valence-electron chi connectivity index (χ2n) is 9.07. The van der Waals surface area contributed by atoms with Gasteiger partial charge in [0.25, 0.3) is 0 Å². The molecule has 2 heterocycles. The first-order chi connectivity index (χ1) is 16.3. The fourth-order valence-corrected chi connectivity index (χ4v) is 5.43. The number of aromatic nitrogens is 2. The average molecular weight is 507 g/mol. The molecule has 0 bridgehead atoms. The van der Waals surface area contributed by atoms with Crippen LogP contribution in [0.5, 0.6) is 11.5 Å². The molecule has 5 N–H and O–H groups in total. The van der Waals surface area contributed by atoms with E-state index in [9.17, 15) is 4.39 Å². The fourth-order valence-electron chi connectivity index (χ4n) is 5.12. The van der Waals surface area contributed by atoms with Gasteiger partial charge in [-0.2, -0.15) is 0 Å². The molecule has 1 aliphatic heterocycles. The van der Waals surface area contributed by atoms with Gasteiger partial charge in [0, 0.05) is 30.1 Å². The van der Waals surface area contributed by atoms with Crippen molar-refractivity contribution in [2.75, 3.05) is 32.1 Å². The molecule has 1 unspecified atom stereocenters. The summed E-state index contributed by atoms with van der Waals surface area (Å²) < 4.78 is 26.3. The fraction of sp³-hybridized carbons (Fsp3) is 0.391. The van der Waals surface area contributed by atoms with Gasteiger partial charge in [0.05, 0.1) is 35.0 Å². The minimum atomic E-state index is -0.662. The van der Waals surface area contributed by atoms with Crippen LogP contribution < -0.4 is 26.4 Å². The maximum atomic E-state index is 14.6. The molecular weight excluding hydrogens is 482 g/mol. The Labute approximate surface area is 206 Å². The van der Waals surface area contributed by atoms with Crippen LogP contribution in [0.1, 0.15) is 12.8 Å². The first-order valence-electron chi connectivity index (χ1n) is 10.9. The number of benzene rings is 2. The van der Waals surface area contributed by atoms with Crippen LogP contribution in [0.15, 0.2) is 30.6 Å². The van der Waals surface area contributed by atoms with E-state index in [1.54, 1.807) is 19.2 Å². The van der Waals surface area contributed by atoms with Crippen molar-refractivity contribution in [1.29, 1.82) is 0 Å². The number of hydrogen-bond donors (Lipinski definition) is 3. The van der Waals surface area contributed by atoms with E-state index in [2.05, 4.69) is 15.3 Å². The summed E-state index contributed by atoms with van der Waals surface area (Å²) in [5.74, 6) is 7.50. The van der Waals surface area contributed by atoms with Gasteiger partial charge < -0.3 is 20.5 Å². The summed E-state index contributed by atoms with van der Waals surface area (Å²) in [6, 6.07) is 6.57. The Kier molecular flexibility index (Phi) is 6.16. The summed E-state index contributed by atoms with van der Waals surface area (Å²) in [7, 11) is 1.56. The van der Waals surface area contributed by atoms with E-state index in [1.807, 2.05) is 5.01 Å². The molecule has 8 nitrogen and oxygen atoms in total. The Balaban J connectivity index is 1.37. The first-order valence-corrected chi connectivity index (χ1v) is 11.7. The predicted octanol–water partition coefficient (Wildman–Crippen LogP) is 4.12. The summed E-state index contributed by atoms with van der Waals surface area (Å²) >= 11 is 11.8. The van der Waals surface area contributed by atoms with Crippen molar-refractivity contribution in [3.05, 3.63) is 46.5 Å². The molecule has 0 spiro atoms. The largest absolute Gasteiger partial charge is 0.493 e. The van der Waals surface area contributed by atoms with Crippen molar-refractivity contribution in [2.24, 2.45) is 23.4 Å². The summed E-state index contributed by atoms with van der Waals surface area (Å²) in [6.07, 6.45) is 3.24. The number of hydrogen-bond acceptors (Lipinski definition) is 8. The normalized spacial score (nSPS) is 24.4. The molecule has 5 rings (SSSR count). The molecule has 2 fully saturated rings. The number of nitrogens with one attached hydrogen (secondary N) is 1. The number of hydrazine groups is 1. The number of anilines is 2. The minimum Gasteiger partial charge on any atom is -0.493 e. The van der Waals surface area contributed by atoms with Gasteiger partial charge in [-0.05, 0) is 42.9 Å². The molecule has 3 aromatic rings. The highest BCUT2D eigenvalue weighted by Crippen LogP contribution is 2.43. The number of nitrogens with two attached hydrogens (primary N) is 2. The molecule has 2 aromatic carbocycles. The van der Waals surface area contributed by atoms with Crippen LogP contribution in [-0.4, -0.2) is 47.3 Å². The lowest BCUT2D eigenvalue weighted by Crippen LogP contribution is -2.45. The van der Waals surface area contributed by atoms with E-state index in [0.29, 0.717) is 53.2 Å². The second-order valence-corrected chi connectivity index (χ2v) is 9.85. The summed E-state index contributed by atoms with van der Waals surface area (Å²) in [5, 5.41) is 5.38. The van der Waals surface area contributed by atoms with Crippen molar-refractivity contribution in [3.8, 4) is 11.5 Å². The third-order valence-electron chi connectivity index (χ3n) is 6.74. The maximum Gasteiger partial charge on any atom is 0.166 e. The van der Waals surface area contributed by atoms with Gasteiger partial charge in [0.15, 0.2) is 17.3 Å². The van der Waals surface area contributed by atoms with Gasteiger partial charge in [-0.25, -0.2) is 19.4 Å². The van der Waals surface area contributed by atoms with Crippen LogP contribution in [0.25, 0.3) is 10.9 Å². The molecule has 3 atom stereocenters. The van der Waals surface area contributed by atoms with Crippen LogP contribution in [-0.2, 0) is 0 Å². The zero-order valence-corrected chi connectivity index (χ0v) is 20.0. The number of methoxy groups -OCH3 is 1. The van der Waals surface area contributed by atoms with Crippen molar-refractivity contribution < 1.29 is 13.9 Å². The Bertz CT molecular complexity index is 1250. The number of nitrogens with zero attached hydrogens (tertiary/aromatic N) is 3. The highest BCUT2D eigenvalue weighted by atomic mass is 35.5. The van der Waals surface area contributed by atoms with E-state index in [1.165, 1.54) is 18.5 Å². The van der Waals surface area contributed by atoms with E-state index >= 15 is 0 Å². The van der Waals surface area contributed by atoms with Crippen LogP contribution in [0.3, 0.4) is 0 Å². The van der Waals surface area contributed by atoms with Gasteiger partial charge in [-0.3, -0.25) is 5.84 Å². The van der Waals surface area contributed by atoms with Crippen molar-refractivity contribution in [2.45, 2.75) is 18.4 Å². The molecule has 1 aromatic heterocycles. The molecule has 2 aliphatic rings. The van der Waals surface area contributed by atoms with Gasteiger partial charge in [-0.15, -0.1) is 0 Å². The summed E-state index contributed by atoms with van der Waals surface area (Å²) in [6.45, 7) is 2.05. The van der Waals surface area contributed by atoms with E-state index in [4.69, 9.17) is 44.3 Å². The lowest BCUT2D eigenvalue weighted by molar-refractivity contribution is 0.219. The van der Waals surface area contributed by atoms with Gasteiger partial charge in [0.1, 0.15) is 12.1 Å². The van der Waals surface area contributed by atoms with Crippen LogP contribution >= 0.6 is 23.2 Å². The van der Waals surface area contributed by atoms with Crippen molar-refractivity contribution >= 4 is 45.6 Å². The third kappa shape index (κ3) is 4.23. The third-order valence-corrected chi connectivity index (χ3v) is 7.52. The highest BCUT2D eigenvalue weighted by molar-refractivity contribution is 6.42. The predicted molar refractivity (Wildman–Crippen MR) is 130 cm³/mol. The topological polar surface area (TPSA) is 112 Å². The molecule has 11 heteroatoms. The number of rotatable bonds is 6. The summed E-state index contributed by atoms with van der Waals surface area (Å²) in [4.78, 5) is 8.62. The van der Waals surface area contributed by atoms with Crippen molar-refractivity contribution in [1.82, 2.24) is 15.0 Å². The smallest absolute Gasteiger partial charge is 0.166 e. The quantitative estimate of drug-likeness (QED) is 0.338. The molecule has 180 valence electrons. The van der Waals surface area contributed by atoms with Crippen molar-refractivity contribution in [3.63, 3.8) is 0 Å². The Morgan fingerprint density at radius 3 is 2.85 bits per heavy atom. The van der Waals surface area contributed by atoms with E-state index in [-0.39, 0.29) is 21.3 Å². The summed E-state index contributed by atoms with van der Waals surface area (Å²) in [5.41, 5.74) is 7.10. The van der Waals surface area contributed by atoms with Gasteiger partial charge >= 0.3 is 0 Å². The lowest BCUT2D eigenvalue weighted by atomic mass is 9.92.